The van der Waals surface area contributed by atoms with Crippen LogP contribution in [0.4, 0.5) is 0 Å². The average Bonchev–Trinajstić information content (AvgIpc) is 2.67. The summed E-state index contributed by atoms with van der Waals surface area (Å²) in [5.74, 6) is -1.13. The third-order valence-electron chi connectivity index (χ3n) is 5.28. The quantitative estimate of drug-likeness (QED) is 0.493. The minimum atomic E-state index is -3.87. The molecule has 1 aliphatic heterocycles. The fraction of sp³-hybridized carbons (Fsp3) is 0.571. The predicted molar refractivity (Wildman–Crippen MR) is 111 cm³/mol. The molecule has 0 aliphatic carbocycles. The second-order valence-corrected chi connectivity index (χ2v) is 9.51. The molecule has 1 fully saturated rings. The van der Waals surface area contributed by atoms with Gasteiger partial charge in [-0.25, -0.2) is 13.1 Å². The predicted octanol–water partition coefficient (Wildman–Crippen LogP) is 2.28. The average molecular weight is 439 g/mol. The molecule has 1 N–H and O–H groups in total. The maximum Gasteiger partial charge on any atom is 0.307 e. The lowest BCUT2D eigenvalue weighted by Gasteiger charge is -2.40. The Morgan fingerprint density at radius 1 is 1.20 bits per heavy atom. The van der Waals surface area contributed by atoms with E-state index in [9.17, 15) is 22.8 Å². The number of hydrogen-bond acceptors (Lipinski definition) is 6. The highest BCUT2D eigenvalue weighted by molar-refractivity contribution is 7.89. The zero-order valence-electron chi connectivity index (χ0n) is 17.9. The summed E-state index contributed by atoms with van der Waals surface area (Å²) in [5.41, 5.74) is 0.283. The lowest BCUT2D eigenvalue weighted by Crippen LogP contribution is -2.51. The van der Waals surface area contributed by atoms with Crippen LogP contribution in [0.2, 0.25) is 0 Å². The number of benzene rings is 1. The van der Waals surface area contributed by atoms with Crippen LogP contribution >= 0.6 is 0 Å². The Kier molecular flexibility index (Phi) is 8.14. The zero-order valence-corrected chi connectivity index (χ0v) is 18.7. The number of rotatable bonds is 8. The Balaban J connectivity index is 1.87. The van der Waals surface area contributed by atoms with E-state index in [0.717, 1.165) is 19.3 Å². The first-order valence-electron chi connectivity index (χ1n) is 10.1. The van der Waals surface area contributed by atoms with E-state index in [1.807, 2.05) is 13.8 Å². The molecule has 30 heavy (non-hydrogen) atoms. The van der Waals surface area contributed by atoms with Gasteiger partial charge in [0, 0.05) is 24.2 Å². The summed E-state index contributed by atoms with van der Waals surface area (Å²) in [6.07, 6.45) is 1.76. The molecule has 0 unspecified atom stereocenters. The second kappa shape index (κ2) is 10.2. The van der Waals surface area contributed by atoms with Gasteiger partial charge in [-0.3, -0.25) is 14.4 Å². The summed E-state index contributed by atoms with van der Waals surface area (Å²) >= 11 is 0. The Bertz CT molecular complexity index is 889. The minimum absolute atomic E-state index is 0.0554. The van der Waals surface area contributed by atoms with Crippen molar-refractivity contribution in [3.8, 4) is 0 Å². The van der Waals surface area contributed by atoms with Crippen molar-refractivity contribution in [1.82, 2.24) is 9.62 Å². The fourth-order valence-corrected chi connectivity index (χ4v) is 4.70. The van der Waals surface area contributed by atoms with Gasteiger partial charge in [0.05, 0.1) is 11.3 Å². The summed E-state index contributed by atoms with van der Waals surface area (Å²) in [6.45, 7) is 6.67. The van der Waals surface area contributed by atoms with Crippen LogP contribution < -0.4 is 4.72 Å². The van der Waals surface area contributed by atoms with Gasteiger partial charge in [0.1, 0.15) is 0 Å². The van der Waals surface area contributed by atoms with Crippen LogP contribution in [-0.4, -0.2) is 55.7 Å². The molecule has 1 aromatic rings. The van der Waals surface area contributed by atoms with Crippen molar-refractivity contribution in [1.29, 1.82) is 0 Å². The summed E-state index contributed by atoms with van der Waals surface area (Å²) in [5, 5.41) is 0. The highest BCUT2D eigenvalue weighted by Gasteiger charge is 2.33. The van der Waals surface area contributed by atoms with E-state index < -0.39 is 22.1 Å². The van der Waals surface area contributed by atoms with Crippen LogP contribution in [0.25, 0.3) is 0 Å². The normalized spacial score (nSPS) is 20.5. The molecule has 3 atom stereocenters. The van der Waals surface area contributed by atoms with Crippen molar-refractivity contribution < 1.29 is 27.5 Å². The molecule has 0 bridgehead atoms. The molecule has 0 saturated carbocycles. The van der Waals surface area contributed by atoms with E-state index in [4.69, 9.17) is 4.74 Å². The SMILES string of the molecule is CC(=O)c1cccc(S(=O)(=O)NCCC(=O)O[C@H](C)C(=O)N2[C@H](C)CCC[C@H]2C)c1. The molecule has 9 heteroatoms. The van der Waals surface area contributed by atoms with Crippen molar-refractivity contribution in [2.45, 2.75) is 76.5 Å². The first kappa shape index (κ1) is 24.0. The molecule has 166 valence electrons. The molecule has 1 amide bonds. The van der Waals surface area contributed by atoms with Crippen molar-refractivity contribution >= 4 is 27.7 Å². The number of carbonyl (C=O) groups excluding carboxylic acids is 3. The van der Waals surface area contributed by atoms with E-state index in [1.165, 1.54) is 38.1 Å². The van der Waals surface area contributed by atoms with Gasteiger partial charge in [0.25, 0.3) is 5.91 Å². The van der Waals surface area contributed by atoms with Crippen molar-refractivity contribution in [3.05, 3.63) is 29.8 Å². The molecule has 0 aromatic heterocycles. The number of Topliss-reactive ketones (excluding diaryl/α,β-unsaturated/α-hetero) is 1. The Hall–Kier alpha value is -2.26. The summed E-state index contributed by atoms with van der Waals surface area (Å²) in [6, 6.07) is 5.86. The smallest absolute Gasteiger partial charge is 0.307 e. The number of ether oxygens (including phenoxy) is 1. The van der Waals surface area contributed by atoms with E-state index in [1.54, 1.807) is 4.90 Å². The van der Waals surface area contributed by atoms with Gasteiger partial charge in [-0.15, -0.1) is 0 Å². The number of piperidine rings is 1. The molecule has 1 heterocycles. The number of hydrogen-bond donors (Lipinski definition) is 1. The maximum absolute atomic E-state index is 12.7. The van der Waals surface area contributed by atoms with Gasteiger partial charge in [0.15, 0.2) is 11.9 Å². The van der Waals surface area contributed by atoms with Gasteiger partial charge in [0.2, 0.25) is 10.0 Å². The number of nitrogens with one attached hydrogen (secondary N) is 1. The van der Waals surface area contributed by atoms with Crippen LogP contribution in [0, 0.1) is 0 Å². The number of amides is 1. The third-order valence-corrected chi connectivity index (χ3v) is 6.73. The molecule has 1 saturated heterocycles. The van der Waals surface area contributed by atoms with E-state index in [2.05, 4.69) is 4.72 Å². The van der Waals surface area contributed by atoms with Gasteiger partial charge in [-0.1, -0.05) is 12.1 Å². The highest BCUT2D eigenvalue weighted by Crippen LogP contribution is 2.23. The lowest BCUT2D eigenvalue weighted by atomic mass is 9.97. The fourth-order valence-electron chi connectivity index (χ4n) is 3.63. The van der Waals surface area contributed by atoms with E-state index in [-0.39, 0.29) is 47.2 Å². The van der Waals surface area contributed by atoms with Gasteiger partial charge in [-0.2, -0.15) is 0 Å². The van der Waals surface area contributed by atoms with Crippen LogP contribution in [0.15, 0.2) is 29.2 Å². The Morgan fingerprint density at radius 2 is 1.83 bits per heavy atom. The number of ketones is 1. The maximum atomic E-state index is 12.7. The molecular formula is C21H30N2O6S. The minimum Gasteiger partial charge on any atom is -0.452 e. The van der Waals surface area contributed by atoms with Crippen LogP contribution in [-0.2, 0) is 24.3 Å². The van der Waals surface area contributed by atoms with Crippen molar-refractivity contribution in [2.24, 2.45) is 0 Å². The number of carbonyl (C=O) groups is 3. The first-order valence-corrected chi connectivity index (χ1v) is 11.6. The molecule has 0 spiro atoms. The highest BCUT2D eigenvalue weighted by atomic mass is 32.2. The number of sulfonamides is 1. The molecule has 1 aromatic carbocycles. The standard InChI is InChI=1S/C21H30N2O6S/c1-14-7-5-8-15(2)23(14)21(26)17(4)29-20(25)11-12-22-30(27,28)19-10-6-9-18(13-19)16(3)24/h6,9-10,13-15,17,22H,5,7-8,11-12H2,1-4H3/t14-,15-,17-/m1/s1. The van der Waals surface area contributed by atoms with Crippen molar-refractivity contribution in [2.75, 3.05) is 6.54 Å². The van der Waals surface area contributed by atoms with Crippen LogP contribution in [0.3, 0.4) is 0 Å². The molecule has 1 aliphatic rings. The second-order valence-electron chi connectivity index (χ2n) is 7.74. The lowest BCUT2D eigenvalue weighted by molar-refractivity contribution is -0.162. The molecule has 0 radical (unpaired) electrons. The van der Waals surface area contributed by atoms with Gasteiger partial charge < -0.3 is 9.64 Å². The number of esters is 1. The molecular weight excluding hydrogens is 408 g/mol. The monoisotopic (exact) mass is 438 g/mol. The Morgan fingerprint density at radius 3 is 2.43 bits per heavy atom. The molecule has 2 rings (SSSR count). The zero-order chi connectivity index (χ0) is 22.5. The number of nitrogens with zero attached hydrogens (tertiary/aromatic N) is 1. The van der Waals surface area contributed by atoms with Gasteiger partial charge >= 0.3 is 5.97 Å². The van der Waals surface area contributed by atoms with Gasteiger partial charge in [-0.05, 0) is 59.1 Å². The van der Waals surface area contributed by atoms with E-state index >= 15 is 0 Å². The summed E-state index contributed by atoms with van der Waals surface area (Å²) in [7, 11) is -3.87. The molecule has 8 nitrogen and oxygen atoms in total. The van der Waals surface area contributed by atoms with Crippen molar-refractivity contribution in [3.63, 3.8) is 0 Å². The van der Waals surface area contributed by atoms with Crippen LogP contribution in [0.5, 0.6) is 0 Å². The first-order chi connectivity index (χ1) is 14.0. The third kappa shape index (κ3) is 6.12. The van der Waals surface area contributed by atoms with E-state index in [0.29, 0.717) is 0 Å². The largest absolute Gasteiger partial charge is 0.452 e. The topological polar surface area (TPSA) is 110 Å². The Labute approximate surface area is 178 Å². The summed E-state index contributed by atoms with van der Waals surface area (Å²) < 4.78 is 32.3. The number of likely N-dealkylation sites (tertiary alicyclic amines) is 1. The summed E-state index contributed by atoms with van der Waals surface area (Å²) in [4.78, 5) is 37.9. The van der Waals surface area contributed by atoms with Crippen LogP contribution in [0.1, 0.15) is 63.7 Å².